The van der Waals surface area contributed by atoms with Crippen LogP contribution in [0.1, 0.15) is 15.9 Å². The van der Waals surface area contributed by atoms with Crippen LogP contribution in [0.3, 0.4) is 0 Å². The predicted octanol–water partition coefficient (Wildman–Crippen LogP) is 2.00. The zero-order chi connectivity index (χ0) is 17.4. The molecule has 1 N–H and O–H groups in total. The molecule has 0 aliphatic heterocycles. The first-order valence-electron chi connectivity index (χ1n) is 6.81. The second-order valence-electron chi connectivity index (χ2n) is 4.40. The number of hydrazone groups is 1. The Hall–Kier alpha value is -3.42. The summed E-state index contributed by atoms with van der Waals surface area (Å²) in [5.74, 6) is 0.179. The fourth-order valence-corrected chi connectivity index (χ4v) is 1.71. The summed E-state index contributed by atoms with van der Waals surface area (Å²) in [5.41, 5.74) is 3.48. The molecule has 8 heteroatoms. The highest BCUT2D eigenvalue weighted by Crippen LogP contribution is 2.27. The lowest BCUT2D eigenvalue weighted by Gasteiger charge is -2.08. The van der Waals surface area contributed by atoms with Gasteiger partial charge in [-0.25, -0.2) is 10.2 Å². The average Bonchev–Trinajstić information content (AvgIpc) is 2.63. The average molecular weight is 329 g/mol. The summed E-state index contributed by atoms with van der Waals surface area (Å²) < 4.78 is 14.5. The number of carbonyl (C=O) groups is 2. The highest BCUT2D eigenvalue weighted by atomic mass is 16.7. The van der Waals surface area contributed by atoms with Crippen LogP contribution in [0.2, 0.25) is 0 Å². The molecule has 0 aliphatic rings. The van der Waals surface area contributed by atoms with Crippen LogP contribution in [0.15, 0.2) is 47.8 Å². The summed E-state index contributed by atoms with van der Waals surface area (Å²) in [6.07, 6.45) is 3.62. The smallest absolute Gasteiger partial charge is 0.493 e. The van der Waals surface area contributed by atoms with Crippen LogP contribution in [-0.4, -0.2) is 37.5 Å². The molecule has 1 amide bonds. The van der Waals surface area contributed by atoms with Crippen molar-refractivity contribution in [2.24, 2.45) is 5.10 Å². The minimum atomic E-state index is -0.848. The van der Waals surface area contributed by atoms with Gasteiger partial charge in [0.15, 0.2) is 11.5 Å². The highest BCUT2D eigenvalue weighted by molar-refractivity contribution is 5.94. The van der Waals surface area contributed by atoms with Crippen molar-refractivity contribution < 1.29 is 23.8 Å². The molecule has 0 spiro atoms. The van der Waals surface area contributed by atoms with Crippen LogP contribution in [0.4, 0.5) is 4.79 Å². The van der Waals surface area contributed by atoms with Crippen LogP contribution in [0.25, 0.3) is 0 Å². The van der Waals surface area contributed by atoms with Crippen LogP contribution < -0.4 is 14.9 Å². The van der Waals surface area contributed by atoms with Gasteiger partial charge in [-0.2, -0.15) is 5.10 Å². The second-order valence-corrected chi connectivity index (χ2v) is 4.40. The van der Waals surface area contributed by atoms with Gasteiger partial charge >= 0.3 is 6.16 Å². The first-order chi connectivity index (χ1) is 11.6. The van der Waals surface area contributed by atoms with Gasteiger partial charge in [0.25, 0.3) is 5.91 Å². The van der Waals surface area contributed by atoms with Gasteiger partial charge in [-0.3, -0.25) is 9.78 Å². The van der Waals surface area contributed by atoms with Gasteiger partial charge in [-0.05, 0) is 35.9 Å². The van der Waals surface area contributed by atoms with Crippen molar-refractivity contribution >= 4 is 18.3 Å². The van der Waals surface area contributed by atoms with E-state index in [4.69, 9.17) is 9.47 Å². The van der Waals surface area contributed by atoms with Crippen molar-refractivity contribution in [1.29, 1.82) is 0 Å². The van der Waals surface area contributed by atoms with Crippen molar-refractivity contribution in [3.8, 4) is 11.5 Å². The minimum Gasteiger partial charge on any atom is -0.493 e. The normalized spacial score (nSPS) is 10.2. The first kappa shape index (κ1) is 16.9. The Morgan fingerprint density at radius 2 is 1.88 bits per heavy atom. The summed E-state index contributed by atoms with van der Waals surface area (Å²) in [5, 5.41) is 3.87. The van der Waals surface area contributed by atoms with E-state index in [0.717, 1.165) is 0 Å². The van der Waals surface area contributed by atoms with Gasteiger partial charge in [0.05, 0.1) is 20.4 Å². The van der Waals surface area contributed by atoms with E-state index in [1.54, 1.807) is 24.3 Å². The van der Waals surface area contributed by atoms with Crippen LogP contribution in [-0.2, 0) is 4.74 Å². The fourth-order valence-electron chi connectivity index (χ4n) is 1.71. The Bertz CT molecular complexity index is 747. The number of aromatic nitrogens is 1. The van der Waals surface area contributed by atoms with Crippen molar-refractivity contribution in [2.75, 3.05) is 14.2 Å². The summed E-state index contributed by atoms with van der Waals surface area (Å²) >= 11 is 0. The second kappa shape index (κ2) is 8.28. The molecule has 0 atom stereocenters. The molecule has 24 heavy (non-hydrogen) atoms. The molecule has 0 radical (unpaired) electrons. The van der Waals surface area contributed by atoms with E-state index in [1.165, 1.54) is 38.9 Å². The Labute approximate surface area is 138 Å². The monoisotopic (exact) mass is 329 g/mol. The molecule has 0 fully saturated rings. The van der Waals surface area contributed by atoms with Crippen LogP contribution >= 0.6 is 0 Å². The maximum Gasteiger partial charge on any atom is 0.513 e. The van der Waals surface area contributed by atoms with E-state index >= 15 is 0 Å². The topological polar surface area (TPSA) is 99.1 Å². The van der Waals surface area contributed by atoms with Crippen molar-refractivity contribution in [3.05, 3.63) is 53.9 Å². The lowest BCUT2D eigenvalue weighted by Crippen LogP contribution is -2.17. The largest absolute Gasteiger partial charge is 0.513 e. The highest BCUT2D eigenvalue weighted by Gasteiger charge is 2.10. The molecule has 0 unspecified atom stereocenters. The molecule has 1 aromatic heterocycles. The molecular formula is C16H15N3O5. The van der Waals surface area contributed by atoms with E-state index in [2.05, 4.69) is 20.2 Å². The molecule has 0 saturated carbocycles. The van der Waals surface area contributed by atoms with Crippen molar-refractivity contribution in [1.82, 2.24) is 10.4 Å². The lowest BCUT2D eigenvalue weighted by molar-refractivity contribution is 0.0954. The summed E-state index contributed by atoms with van der Waals surface area (Å²) in [4.78, 5) is 26.8. The number of ether oxygens (including phenoxy) is 3. The summed E-state index contributed by atoms with van der Waals surface area (Å²) in [6, 6.07) is 7.92. The number of nitrogens with zero attached hydrogens (tertiary/aromatic N) is 2. The van der Waals surface area contributed by atoms with E-state index in [9.17, 15) is 9.59 Å². The Morgan fingerprint density at radius 1 is 1.12 bits per heavy atom. The summed E-state index contributed by atoms with van der Waals surface area (Å²) in [7, 11) is 2.65. The number of nitrogens with one attached hydrogen (secondary N) is 1. The van der Waals surface area contributed by atoms with Crippen molar-refractivity contribution in [3.63, 3.8) is 0 Å². The summed E-state index contributed by atoms with van der Waals surface area (Å²) in [6.45, 7) is 0. The molecule has 124 valence electrons. The van der Waals surface area contributed by atoms with E-state index in [0.29, 0.717) is 16.9 Å². The Balaban J connectivity index is 2.04. The van der Waals surface area contributed by atoms with Crippen LogP contribution in [0, 0.1) is 0 Å². The number of pyridine rings is 1. The van der Waals surface area contributed by atoms with Gasteiger partial charge in [0.2, 0.25) is 0 Å². The number of carbonyl (C=O) groups excluding carboxylic acids is 2. The number of methoxy groups -OCH3 is 2. The fraction of sp³-hybridized carbons (Fsp3) is 0.125. The molecule has 2 aromatic rings. The van der Waals surface area contributed by atoms with Gasteiger partial charge in [0, 0.05) is 18.0 Å². The number of rotatable bonds is 5. The number of hydrogen-bond acceptors (Lipinski definition) is 7. The lowest BCUT2D eigenvalue weighted by atomic mass is 10.2. The zero-order valence-electron chi connectivity index (χ0n) is 13.1. The minimum absolute atomic E-state index is 0.210. The SMILES string of the molecule is COC(=O)Oc1ccc(/C=N/NC(=O)c2ccncc2)cc1OC. The molecule has 8 nitrogen and oxygen atoms in total. The number of benzene rings is 1. The third kappa shape index (κ3) is 4.54. The van der Waals surface area contributed by atoms with E-state index < -0.39 is 6.16 Å². The van der Waals surface area contributed by atoms with Crippen LogP contribution in [0.5, 0.6) is 11.5 Å². The standard InChI is InChI=1S/C16H15N3O5/c1-22-14-9-11(3-4-13(14)24-16(21)23-2)10-18-19-15(20)12-5-7-17-8-6-12/h3-10H,1-2H3,(H,19,20)/b18-10+. The van der Waals surface area contributed by atoms with E-state index in [-0.39, 0.29) is 11.7 Å². The number of hydrogen-bond donors (Lipinski definition) is 1. The third-order valence-corrected chi connectivity index (χ3v) is 2.87. The maximum absolute atomic E-state index is 11.8. The molecule has 0 bridgehead atoms. The molecule has 1 heterocycles. The van der Waals surface area contributed by atoms with Gasteiger partial charge in [-0.1, -0.05) is 0 Å². The quantitative estimate of drug-likeness (QED) is 0.390. The maximum atomic E-state index is 11.8. The molecule has 0 saturated heterocycles. The molecule has 2 rings (SSSR count). The molecule has 0 aliphatic carbocycles. The zero-order valence-corrected chi connectivity index (χ0v) is 13.1. The van der Waals surface area contributed by atoms with E-state index in [1.807, 2.05) is 0 Å². The third-order valence-electron chi connectivity index (χ3n) is 2.87. The van der Waals surface area contributed by atoms with Gasteiger partial charge in [-0.15, -0.1) is 0 Å². The predicted molar refractivity (Wildman–Crippen MR) is 85.3 cm³/mol. The number of amides is 1. The Kier molecular flexibility index (Phi) is 5.84. The Morgan fingerprint density at radius 3 is 2.54 bits per heavy atom. The molecule has 1 aromatic carbocycles. The van der Waals surface area contributed by atoms with Gasteiger partial charge < -0.3 is 14.2 Å². The van der Waals surface area contributed by atoms with Crippen molar-refractivity contribution in [2.45, 2.75) is 0 Å². The first-order valence-corrected chi connectivity index (χ1v) is 6.81. The molecular weight excluding hydrogens is 314 g/mol. The van der Waals surface area contributed by atoms with Gasteiger partial charge in [0.1, 0.15) is 0 Å².